The molecule has 1 aliphatic rings. The normalized spacial score (nSPS) is 26.1. The van der Waals surface area contributed by atoms with Gasteiger partial charge in [0, 0.05) is 5.54 Å². The molecule has 1 heterocycles. The van der Waals surface area contributed by atoms with Crippen LogP contribution in [0.15, 0.2) is 0 Å². The SMILES string of the molecule is CC1(C)CCNCCCNCCCN1. The van der Waals surface area contributed by atoms with Gasteiger partial charge in [-0.25, -0.2) is 0 Å². The number of hydrogen-bond acceptors (Lipinski definition) is 3. The van der Waals surface area contributed by atoms with Gasteiger partial charge < -0.3 is 16.0 Å². The van der Waals surface area contributed by atoms with Crippen molar-refractivity contribution < 1.29 is 0 Å². The van der Waals surface area contributed by atoms with Crippen LogP contribution in [0.3, 0.4) is 0 Å². The van der Waals surface area contributed by atoms with Gasteiger partial charge in [0.25, 0.3) is 0 Å². The van der Waals surface area contributed by atoms with Crippen molar-refractivity contribution in [3.63, 3.8) is 0 Å². The second-order valence-corrected chi connectivity index (χ2v) is 4.77. The molecule has 0 aromatic carbocycles. The smallest absolute Gasteiger partial charge is 0.0137 e. The van der Waals surface area contributed by atoms with Crippen LogP contribution in [0, 0.1) is 0 Å². The van der Waals surface area contributed by atoms with Gasteiger partial charge in [-0.2, -0.15) is 0 Å². The molecular formula is C11H25N3. The lowest BCUT2D eigenvalue weighted by molar-refractivity contribution is 0.348. The minimum Gasteiger partial charge on any atom is -0.317 e. The highest BCUT2D eigenvalue weighted by Crippen LogP contribution is 2.06. The zero-order chi connectivity index (χ0) is 10.3. The Balaban J connectivity index is 2.24. The molecule has 0 atom stereocenters. The first-order valence-electron chi connectivity index (χ1n) is 5.87. The van der Waals surface area contributed by atoms with E-state index in [0.29, 0.717) is 0 Å². The molecule has 0 saturated carbocycles. The van der Waals surface area contributed by atoms with Gasteiger partial charge in [-0.3, -0.25) is 0 Å². The van der Waals surface area contributed by atoms with Crippen LogP contribution in [0.4, 0.5) is 0 Å². The van der Waals surface area contributed by atoms with E-state index in [0.717, 1.165) is 32.7 Å². The van der Waals surface area contributed by atoms with E-state index in [1.165, 1.54) is 19.3 Å². The highest BCUT2D eigenvalue weighted by Gasteiger charge is 2.15. The molecule has 0 unspecified atom stereocenters. The zero-order valence-corrected chi connectivity index (χ0v) is 9.66. The molecule has 1 saturated heterocycles. The average Bonchev–Trinajstić information content (AvgIpc) is 2.11. The van der Waals surface area contributed by atoms with Gasteiger partial charge in [-0.15, -0.1) is 0 Å². The first-order chi connectivity index (χ1) is 6.71. The molecule has 1 rings (SSSR count). The lowest BCUT2D eigenvalue weighted by atomic mass is 10.0. The van der Waals surface area contributed by atoms with Gasteiger partial charge in [0.1, 0.15) is 0 Å². The highest BCUT2D eigenvalue weighted by atomic mass is 15.0. The van der Waals surface area contributed by atoms with E-state index < -0.39 is 0 Å². The van der Waals surface area contributed by atoms with Crippen LogP contribution in [0.25, 0.3) is 0 Å². The fourth-order valence-corrected chi connectivity index (χ4v) is 1.72. The standard InChI is InChI=1S/C11H25N3/c1-11(2)5-10-13-7-3-6-12-8-4-9-14-11/h12-14H,3-10H2,1-2H3. The largest absolute Gasteiger partial charge is 0.317 e. The van der Waals surface area contributed by atoms with Crippen LogP contribution >= 0.6 is 0 Å². The summed E-state index contributed by atoms with van der Waals surface area (Å²) in [7, 11) is 0. The van der Waals surface area contributed by atoms with Crippen molar-refractivity contribution in [2.24, 2.45) is 0 Å². The molecule has 3 heteroatoms. The Hall–Kier alpha value is -0.120. The molecule has 0 amide bonds. The van der Waals surface area contributed by atoms with Crippen LogP contribution in [0.2, 0.25) is 0 Å². The van der Waals surface area contributed by atoms with Crippen molar-refractivity contribution in [1.82, 2.24) is 16.0 Å². The predicted molar refractivity (Wildman–Crippen MR) is 61.7 cm³/mol. The predicted octanol–water partition coefficient (Wildman–Crippen LogP) is 0.718. The molecule has 84 valence electrons. The Morgan fingerprint density at radius 3 is 2.07 bits per heavy atom. The van der Waals surface area contributed by atoms with Crippen molar-refractivity contribution >= 4 is 0 Å². The zero-order valence-electron chi connectivity index (χ0n) is 9.66. The molecule has 0 aromatic heterocycles. The summed E-state index contributed by atoms with van der Waals surface area (Å²) >= 11 is 0. The summed E-state index contributed by atoms with van der Waals surface area (Å²) in [4.78, 5) is 0. The topological polar surface area (TPSA) is 36.1 Å². The third-order valence-electron chi connectivity index (χ3n) is 2.77. The van der Waals surface area contributed by atoms with E-state index >= 15 is 0 Å². The van der Waals surface area contributed by atoms with Gasteiger partial charge >= 0.3 is 0 Å². The van der Waals surface area contributed by atoms with E-state index in [1.807, 2.05) is 0 Å². The molecule has 1 aliphatic heterocycles. The minimum atomic E-state index is 0.284. The van der Waals surface area contributed by atoms with Crippen molar-refractivity contribution in [2.75, 3.05) is 32.7 Å². The molecular weight excluding hydrogens is 174 g/mol. The fraction of sp³-hybridized carbons (Fsp3) is 1.00. The Morgan fingerprint density at radius 2 is 1.36 bits per heavy atom. The summed E-state index contributed by atoms with van der Waals surface area (Å²) in [6.45, 7) is 10.3. The second-order valence-electron chi connectivity index (χ2n) is 4.77. The van der Waals surface area contributed by atoms with Gasteiger partial charge in [0.15, 0.2) is 0 Å². The highest BCUT2D eigenvalue weighted by molar-refractivity contribution is 4.78. The Bertz CT molecular complexity index is 131. The third kappa shape index (κ3) is 5.58. The second kappa shape index (κ2) is 6.38. The van der Waals surface area contributed by atoms with E-state index in [9.17, 15) is 0 Å². The maximum absolute atomic E-state index is 3.60. The van der Waals surface area contributed by atoms with E-state index in [-0.39, 0.29) is 5.54 Å². The van der Waals surface area contributed by atoms with Gasteiger partial charge in [0.2, 0.25) is 0 Å². The van der Waals surface area contributed by atoms with E-state index in [2.05, 4.69) is 29.8 Å². The maximum Gasteiger partial charge on any atom is 0.0137 e. The molecule has 0 bridgehead atoms. The average molecular weight is 199 g/mol. The number of hydrogen-bond donors (Lipinski definition) is 3. The van der Waals surface area contributed by atoms with Crippen LogP contribution in [0.5, 0.6) is 0 Å². The molecule has 0 aliphatic carbocycles. The molecule has 14 heavy (non-hydrogen) atoms. The lowest BCUT2D eigenvalue weighted by Gasteiger charge is -2.27. The Labute approximate surface area is 88.0 Å². The summed E-state index contributed by atoms with van der Waals surface area (Å²) in [6.07, 6.45) is 3.69. The van der Waals surface area contributed by atoms with Crippen molar-refractivity contribution in [1.29, 1.82) is 0 Å². The van der Waals surface area contributed by atoms with Crippen molar-refractivity contribution in [3.05, 3.63) is 0 Å². The van der Waals surface area contributed by atoms with E-state index in [1.54, 1.807) is 0 Å². The van der Waals surface area contributed by atoms with E-state index in [4.69, 9.17) is 0 Å². The fourth-order valence-electron chi connectivity index (χ4n) is 1.72. The monoisotopic (exact) mass is 199 g/mol. The number of nitrogens with one attached hydrogen (secondary N) is 3. The third-order valence-corrected chi connectivity index (χ3v) is 2.77. The van der Waals surface area contributed by atoms with Crippen molar-refractivity contribution in [2.45, 2.75) is 38.6 Å². The quantitative estimate of drug-likeness (QED) is 0.538. The Kier molecular flexibility index (Phi) is 5.45. The first-order valence-corrected chi connectivity index (χ1v) is 5.87. The van der Waals surface area contributed by atoms with Crippen LogP contribution in [-0.2, 0) is 0 Å². The molecule has 3 nitrogen and oxygen atoms in total. The molecule has 0 aromatic rings. The molecule has 0 radical (unpaired) electrons. The van der Waals surface area contributed by atoms with Gasteiger partial charge in [-0.05, 0) is 65.8 Å². The van der Waals surface area contributed by atoms with Crippen LogP contribution in [0.1, 0.15) is 33.1 Å². The molecule has 0 spiro atoms. The summed E-state index contributed by atoms with van der Waals surface area (Å²) in [5.41, 5.74) is 0.284. The maximum atomic E-state index is 3.60. The lowest BCUT2D eigenvalue weighted by Crippen LogP contribution is -2.43. The van der Waals surface area contributed by atoms with Gasteiger partial charge in [0.05, 0.1) is 0 Å². The first kappa shape index (κ1) is 12.0. The summed E-state index contributed by atoms with van der Waals surface area (Å²) in [6, 6.07) is 0. The Morgan fingerprint density at radius 1 is 0.786 bits per heavy atom. The summed E-state index contributed by atoms with van der Waals surface area (Å²) in [5, 5.41) is 10.5. The van der Waals surface area contributed by atoms with Crippen molar-refractivity contribution in [3.8, 4) is 0 Å². The minimum absolute atomic E-state index is 0.284. The molecule has 3 N–H and O–H groups in total. The van der Waals surface area contributed by atoms with Crippen LogP contribution < -0.4 is 16.0 Å². The summed E-state index contributed by atoms with van der Waals surface area (Å²) < 4.78 is 0. The van der Waals surface area contributed by atoms with Crippen LogP contribution in [-0.4, -0.2) is 38.3 Å². The molecule has 1 fully saturated rings. The number of rotatable bonds is 0. The summed E-state index contributed by atoms with van der Waals surface area (Å²) in [5.74, 6) is 0. The van der Waals surface area contributed by atoms with Gasteiger partial charge in [-0.1, -0.05) is 0 Å².